The molecule has 2 aromatic rings. The third kappa shape index (κ3) is 4.84. The molecule has 6 heteroatoms. The molecule has 3 rings (SSSR count). The average molecular weight is 359 g/mol. The number of carbonyl (C=O) groups excluding carboxylic acids is 1. The third-order valence-corrected chi connectivity index (χ3v) is 5.44. The van der Waals surface area contributed by atoms with Gasteiger partial charge in [0.1, 0.15) is 5.82 Å². The van der Waals surface area contributed by atoms with Gasteiger partial charge in [0.15, 0.2) is 0 Å². The van der Waals surface area contributed by atoms with Gasteiger partial charge in [0.25, 0.3) is 0 Å². The zero-order valence-electron chi connectivity index (χ0n) is 14.9. The minimum Gasteiger partial charge on any atom is -0.309 e. The number of nitrogens with one attached hydrogen (secondary N) is 1. The van der Waals surface area contributed by atoms with Gasteiger partial charge in [-0.3, -0.25) is 9.89 Å². The maximum absolute atomic E-state index is 12.7. The monoisotopic (exact) mass is 358 g/mol. The van der Waals surface area contributed by atoms with Crippen LogP contribution in [0.2, 0.25) is 0 Å². The summed E-state index contributed by atoms with van der Waals surface area (Å²) in [7, 11) is 0. The topological polar surface area (TPSA) is 61.9 Å². The Morgan fingerprint density at radius 1 is 1.28 bits per heavy atom. The van der Waals surface area contributed by atoms with Crippen LogP contribution in [0.5, 0.6) is 0 Å². The molecule has 1 saturated carbocycles. The molecule has 5 nitrogen and oxygen atoms in total. The van der Waals surface area contributed by atoms with Gasteiger partial charge in [-0.25, -0.2) is 4.98 Å². The quantitative estimate of drug-likeness (QED) is 0.758. The first-order valence-electron chi connectivity index (χ1n) is 9.04. The van der Waals surface area contributed by atoms with Gasteiger partial charge in [-0.15, -0.1) is 5.10 Å². The first kappa shape index (κ1) is 18.0. The number of rotatable bonds is 7. The van der Waals surface area contributed by atoms with Gasteiger partial charge in [-0.1, -0.05) is 55.6 Å². The lowest BCUT2D eigenvalue weighted by Crippen LogP contribution is -2.38. The van der Waals surface area contributed by atoms with E-state index in [2.05, 4.69) is 15.2 Å². The second kappa shape index (κ2) is 8.52. The van der Waals surface area contributed by atoms with E-state index in [9.17, 15) is 4.79 Å². The fraction of sp³-hybridized carbons (Fsp3) is 0.526. The zero-order valence-corrected chi connectivity index (χ0v) is 15.8. The second-order valence-corrected chi connectivity index (χ2v) is 7.84. The van der Waals surface area contributed by atoms with E-state index >= 15 is 0 Å². The molecule has 0 saturated heterocycles. The van der Waals surface area contributed by atoms with Crippen LogP contribution in [0.4, 0.5) is 5.69 Å². The first-order chi connectivity index (χ1) is 12.1. The zero-order chi connectivity index (χ0) is 17.6. The second-order valence-electron chi connectivity index (χ2n) is 6.90. The molecule has 0 aliphatic heterocycles. The Morgan fingerprint density at radius 2 is 2.00 bits per heavy atom. The molecule has 1 amide bonds. The maximum atomic E-state index is 12.7. The van der Waals surface area contributed by atoms with Crippen molar-refractivity contribution in [1.29, 1.82) is 0 Å². The summed E-state index contributed by atoms with van der Waals surface area (Å²) in [5.41, 5.74) is 0.931. The lowest BCUT2D eigenvalue weighted by molar-refractivity contribution is -0.116. The summed E-state index contributed by atoms with van der Waals surface area (Å²) in [6.07, 6.45) is 6.23. The highest BCUT2D eigenvalue weighted by Crippen LogP contribution is 2.27. The highest BCUT2D eigenvalue weighted by molar-refractivity contribution is 7.99. The van der Waals surface area contributed by atoms with Crippen molar-refractivity contribution in [3.8, 4) is 0 Å². The van der Waals surface area contributed by atoms with Crippen LogP contribution in [0.25, 0.3) is 0 Å². The number of aromatic amines is 1. The van der Waals surface area contributed by atoms with E-state index in [1.165, 1.54) is 37.4 Å². The van der Waals surface area contributed by atoms with E-state index < -0.39 is 0 Å². The van der Waals surface area contributed by atoms with Crippen LogP contribution < -0.4 is 4.90 Å². The van der Waals surface area contributed by atoms with Crippen LogP contribution in [0.15, 0.2) is 35.5 Å². The first-order valence-corrected chi connectivity index (χ1v) is 10.0. The Kier molecular flexibility index (Phi) is 6.13. The minimum absolute atomic E-state index is 0.0772. The summed E-state index contributed by atoms with van der Waals surface area (Å²) in [6, 6.07) is 9.91. The molecule has 1 aliphatic rings. The van der Waals surface area contributed by atoms with Gasteiger partial charge in [0, 0.05) is 18.2 Å². The number of aromatic nitrogens is 3. The highest BCUT2D eigenvalue weighted by atomic mass is 32.2. The summed E-state index contributed by atoms with van der Waals surface area (Å²) in [5, 5.41) is 7.96. The van der Waals surface area contributed by atoms with Crippen molar-refractivity contribution in [2.24, 2.45) is 5.92 Å². The average Bonchev–Trinajstić information content (AvgIpc) is 3.26. The normalized spacial score (nSPS) is 15.0. The van der Waals surface area contributed by atoms with Gasteiger partial charge in [-0.05, 0) is 31.9 Å². The fourth-order valence-corrected chi connectivity index (χ4v) is 4.11. The molecule has 0 atom stereocenters. The van der Waals surface area contributed by atoms with Crippen molar-refractivity contribution >= 4 is 23.4 Å². The number of hydrogen-bond donors (Lipinski definition) is 1. The van der Waals surface area contributed by atoms with Crippen LogP contribution in [-0.2, 0) is 11.2 Å². The van der Waals surface area contributed by atoms with E-state index in [4.69, 9.17) is 0 Å². The molecule has 0 bridgehead atoms. The molecule has 1 aliphatic carbocycles. The number of amides is 1. The lowest BCUT2D eigenvalue weighted by Gasteiger charge is -2.26. The Labute approximate surface area is 153 Å². The SMILES string of the molecule is CC(C)N(C(=O)CSc1n[nH]c(CC2CCCC2)n1)c1ccccc1. The number of benzene rings is 1. The van der Waals surface area contributed by atoms with Crippen molar-refractivity contribution in [3.63, 3.8) is 0 Å². The van der Waals surface area contributed by atoms with Crippen LogP contribution >= 0.6 is 11.8 Å². The van der Waals surface area contributed by atoms with Crippen molar-refractivity contribution in [1.82, 2.24) is 15.2 Å². The molecule has 1 fully saturated rings. The number of nitrogens with zero attached hydrogens (tertiary/aromatic N) is 3. The molecule has 25 heavy (non-hydrogen) atoms. The fourth-order valence-electron chi connectivity index (χ4n) is 3.44. The van der Waals surface area contributed by atoms with Crippen molar-refractivity contribution in [2.75, 3.05) is 10.7 Å². The van der Waals surface area contributed by atoms with Crippen LogP contribution in [0.1, 0.15) is 45.4 Å². The van der Waals surface area contributed by atoms with Crippen molar-refractivity contribution < 1.29 is 4.79 Å². The summed E-state index contributed by atoms with van der Waals surface area (Å²) >= 11 is 1.40. The number of hydrogen-bond acceptors (Lipinski definition) is 4. The van der Waals surface area contributed by atoms with E-state index in [1.807, 2.05) is 49.1 Å². The molecule has 1 aromatic heterocycles. The molecule has 134 valence electrons. The Morgan fingerprint density at radius 3 is 2.68 bits per heavy atom. The van der Waals surface area contributed by atoms with Crippen molar-refractivity contribution in [3.05, 3.63) is 36.2 Å². The lowest BCUT2D eigenvalue weighted by atomic mass is 10.0. The summed E-state index contributed by atoms with van der Waals surface area (Å²) < 4.78 is 0. The molecule has 1 aromatic carbocycles. The van der Waals surface area contributed by atoms with Crippen LogP contribution in [0, 0.1) is 5.92 Å². The molecular formula is C19H26N4OS. The summed E-state index contributed by atoms with van der Waals surface area (Å²) in [5.74, 6) is 2.11. The molecular weight excluding hydrogens is 332 g/mol. The van der Waals surface area contributed by atoms with E-state index in [1.54, 1.807) is 0 Å². The van der Waals surface area contributed by atoms with Crippen LogP contribution in [0.3, 0.4) is 0 Å². The van der Waals surface area contributed by atoms with E-state index in [0.29, 0.717) is 10.9 Å². The van der Waals surface area contributed by atoms with Gasteiger partial charge in [0.05, 0.1) is 5.75 Å². The van der Waals surface area contributed by atoms with Gasteiger partial charge < -0.3 is 4.90 Å². The molecule has 0 unspecified atom stereocenters. The molecule has 0 spiro atoms. The van der Waals surface area contributed by atoms with Crippen molar-refractivity contribution in [2.45, 2.75) is 57.1 Å². The molecule has 0 radical (unpaired) electrons. The summed E-state index contributed by atoms with van der Waals surface area (Å²) in [6.45, 7) is 4.06. The number of thioether (sulfide) groups is 1. The number of H-pyrrole nitrogens is 1. The number of carbonyl (C=O) groups is 1. The molecule has 1 N–H and O–H groups in total. The smallest absolute Gasteiger partial charge is 0.237 e. The summed E-state index contributed by atoms with van der Waals surface area (Å²) in [4.78, 5) is 19.1. The third-order valence-electron chi connectivity index (χ3n) is 4.61. The van der Waals surface area contributed by atoms with Gasteiger partial charge in [0.2, 0.25) is 11.1 Å². The minimum atomic E-state index is 0.0772. The van der Waals surface area contributed by atoms with Crippen LogP contribution in [-0.4, -0.2) is 32.9 Å². The largest absolute Gasteiger partial charge is 0.309 e. The Balaban J connectivity index is 1.56. The maximum Gasteiger partial charge on any atom is 0.237 e. The molecule has 1 heterocycles. The number of para-hydroxylation sites is 1. The predicted octanol–water partition coefficient (Wildman–Crippen LogP) is 4.07. The number of anilines is 1. The van der Waals surface area contributed by atoms with Gasteiger partial charge >= 0.3 is 0 Å². The predicted molar refractivity (Wildman–Crippen MR) is 102 cm³/mol. The van der Waals surface area contributed by atoms with Gasteiger partial charge in [-0.2, -0.15) is 0 Å². The standard InChI is InChI=1S/C19H26N4OS/c1-14(2)23(16-10-4-3-5-11-16)18(24)13-25-19-20-17(21-22-19)12-15-8-6-7-9-15/h3-5,10-11,14-15H,6-9,12-13H2,1-2H3,(H,20,21,22). The highest BCUT2D eigenvalue weighted by Gasteiger charge is 2.21. The van der Waals surface area contributed by atoms with E-state index in [0.717, 1.165) is 23.9 Å². The Hall–Kier alpha value is -1.82. The van der Waals surface area contributed by atoms with E-state index in [-0.39, 0.29) is 11.9 Å². The Bertz CT molecular complexity index is 680.